The SMILES string of the molecule is CCN(CC(=O)O)C1CC(NC(=O)[C@@H](C)CSC)C1. The monoisotopic (exact) mass is 288 g/mol. The zero-order valence-corrected chi connectivity index (χ0v) is 12.7. The Labute approximate surface area is 119 Å². The summed E-state index contributed by atoms with van der Waals surface area (Å²) in [6.07, 6.45) is 3.71. The van der Waals surface area contributed by atoms with Crippen LogP contribution < -0.4 is 5.32 Å². The summed E-state index contributed by atoms with van der Waals surface area (Å²) in [4.78, 5) is 24.5. The third kappa shape index (κ3) is 5.03. The van der Waals surface area contributed by atoms with Crippen LogP contribution in [-0.2, 0) is 9.59 Å². The van der Waals surface area contributed by atoms with Gasteiger partial charge in [0, 0.05) is 23.8 Å². The Kier molecular flexibility index (Phi) is 6.65. The Balaban J connectivity index is 2.29. The fourth-order valence-electron chi connectivity index (χ4n) is 2.35. The number of hydrogen-bond donors (Lipinski definition) is 2. The zero-order valence-electron chi connectivity index (χ0n) is 11.9. The summed E-state index contributed by atoms with van der Waals surface area (Å²) in [5.41, 5.74) is 0. The molecule has 5 nitrogen and oxygen atoms in total. The van der Waals surface area contributed by atoms with E-state index in [1.807, 2.05) is 25.0 Å². The number of carbonyl (C=O) groups excluding carboxylic acids is 1. The van der Waals surface area contributed by atoms with Crippen molar-refractivity contribution in [1.82, 2.24) is 10.2 Å². The van der Waals surface area contributed by atoms with E-state index < -0.39 is 5.97 Å². The number of carboxylic acids is 1. The number of carbonyl (C=O) groups is 2. The van der Waals surface area contributed by atoms with E-state index in [1.54, 1.807) is 11.8 Å². The molecule has 110 valence electrons. The summed E-state index contributed by atoms with van der Waals surface area (Å²) in [6.45, 7) is 4.73. The van der Waals surface area contributed by atoms with Gasteiger partial charge in [0.2, 0.25) is 5.91 Å². The molecule has 0 radical (unpaired) electrons. The Morgan fingerprint density at radius 3 is 2.58 bits per heavy atom. The first-order valence-corrected chi connectivity index (χ1v) is 8.12. The minimum Gasteiger partial charge on any atom is -0.480 e. The van der Waals surface area contributed by atoms with Gasteiger partial charge in [-0.1, -0.05) is 13.8 Å². The average Bonchev–Trinajstić information content (AvgIpc) is 2.30. The number of carboxylic acid groups (broad SMARTS) is 1. The van der Waals surface area contributed by atoms with Crippen LogP contribution in [0.2, 0.25) is 0 Å². The highest BCUT2D eigenvalue weighted by Gasteiger charge is 2.35. The molecule has 6 heteroatoms. The fourth-order valence-corrected chi connectivity index (χ4v) is 3.00. The van der Waals surface area contributed by atoms with Gasteiger partial charge in [-0.15, -0.1) is 0 Å². The lowest BCUT2D eigenvalue weighted by Crippen LogP contribution is -2.55. The smallest absolute Gasteiger partial charge is 0.317 e. The molecule has 1 aliphatic carbocycles. The van der Waals surface area contributed by atoms with E-state index in [9.17, 15) is 9.59 Å². The molecule has 0 bridgehead atoms. The van der Waals surface area contributed by atoms with Crippen molar-refractivity contribution in [3.63, 3.8) is 0 Å². The van der Waals surface area contributed by atoms with Gasteiger partial charge < -0.3 is 10.4 Å². The first-order valence-electron chi connectivity index (χ1n) is 6.73. The molecule has 1 aliphatic rings. The number of amides is 1. The van der Waals surface area contributed by atoms with Crippen LogP contribution in [0.5, 0.6) is 0 Å². The molecule has 0 unspecified atom stereocenters. The lowest BCUT2D eigenvalue weighted by Gasteiger charge is -2.42. The van der Waals surface area contributed by atoms with Gasteiger partial charge in [0.05, 0.1) is 6.54 Å². The van der Waals surface area contributed by atoms with E-state index in [0.717, 1.165) is 25.1 Å². The highest BCUT2D eigenvalue weighted by atomic mass is 32.2. The molecular formula is C13H24N2O3S. The molecule has 0 spiro atoms. The van der Waals surface area contributed by atoms with Crippen molar-refractivity contribution in [2.45, 2.75) is 38.8 Å². The highest BCUT2D eigenvalue weighted by Crippen LogP contribution is 2.25. The van der Waals surface area contributed by atoms with E-state index >= 15 is 0 Å². The van der Waals surface area contributed by atoms with Gasteiger partial charge in [-0.05, 0) is 25.6 Å². The zero-order chi connectivity index (χ0) is 14.4. The number of thioether (sulfide) groups is 1. The first-order chi connectivity index (χ1) is 8.97. The van der Waals surface area contributed by atoms with Crippen molar-refractivity contribution < 1.29 is 14.7 Å². The summed E-state index contributed by atoms with van der Waals surface area (Å²) in [6, 6.07) is 0.506. The van der Waals surface area contributed by atoms with Crippen LogP contribution in [-0.4, -0.2) is 59.1 Å². The summed E-state index contributed by atoms with van der Waals surface area (Å²) in [5.74, 6) is 0.194. The number of nitrogens with one attached hydrogen (secondary N) is 1. The molecule has 1 amide bonds. The maximum absolute atomic E-state index is 11.8. The predicted octanol–water partition coefficient (Wildman–Crippen LogP) is 1.04. The summed E-state index contributed by atoms with van der Waals surface area (Å²) < 4.78 is 0. The Hall–Kier alpha value is -0.750. The number of hydrogen-bond acceptors (Lipinski definition) is 4. The topological polar surface area (TPSA) is 69.6 Å². The van der Waals surface area contributed by atoms with E-state index in [1.165, 1.54) is 0 Å². The van der Waals surface area contributed by atoms with E-state index in [4.69, 9.17) is 5.11 Å². The largest absolute Gasteiger partial charge is 0.480 e. The van der Waals surface area contributed by atoms with Gasteiger partial charge in [0.15, 0.2) is 0 Å². The Morgan fingerprint density at radius 1 is 1.47 bits per heavy atom. The standard InChI is InChI=1S/C13H24N2O3S/c1-4-15(7-12(16)17)11-5-10(6-11)14-13(18)9(2)8-19-3/h9-11H,4-8H2,1-3H3,(H,14,18)(H,16,17)/t9-,10?,11?/m0/s1. The van der Waals surface area contributed by atoms with E-state index in [0.29, 0.717) is 6.04 Å². The molecule has 0 aromatic rings. The Morgan fingerprint density at radius 2 is 2.11 bits per heavy atom. The van der Waals surface area contributed by atoms with Crippen LogP contribution >= 0.6 is 11.8 Å². The van der Waals surface area contributed by atoms with Crippen molar-refractivity contribution in [2.75, 3.05) is 25.1 Å². The van der Waals surface area contributed by atoms with Gasteiger partial charge in [-0.3, -0.25) is 14.5 Å². The predicted molar refractivity (Wildman–Crippen MR) is 77.4 cm³/mol. The third-order valence-corrected chi connectivity index (χ3v) is 4.42. The molecule has 0 aromatic heterocycles. The molecule has 19 heavy (non-hydrogen) atoms. The number of nitrogens with zero attached hydrogens (tertiary/aromatic N) is 1. The molecule has 1 rings (SSSR count). The van der Waals surface area contributed by atoms with Crippen molar-refractivity contribution in [3.8, 4) is 0 Å². The molecule has 0 aliphatic heterocycles. The quantitative estimate of drug-likeness (QED) is 0.698. The van der Waals surface area contributed by atoms with Gasteiger partial charge in [-0.25, -0.2) is 0 Å². The maximum Gasteiger partial charge on any atom is 0.317 e. The molecule has 0 aromatic carbocycles. The lowest BCUT2D eigenvalue weighted by atomic mass is 9.85. The second-order valence-corrected chi connectivity index (χ2v) is 6.05. The molecule has 2 N–H and O–H groups in total. The first kappa shape index (κ1) is 16.3. The summed E-state index contributed by atoms with van der Waals surface area (Å²) in [5, 5.41) is 11.8. The minimum atomic E-state index is -0.789. The molecular weight excluding hydrogens is 264 g/mol. The molecule has 0 heterocycles. The normalized spacial score (nSPS) is 23.8. The summed E-state index contributed by atoms with van der Waals surface area (Å²) >= 11 is 1.67. The minimum absolute atomic E-state index is 0.0374. The molecule has 0 saturated heterocycles. The number of likely N-dealkylation sites (N-methyl/N-ethyl adjacent to an activating group) is 1. The van der Waals surface area contributed by atoms with Crippen LogP contribution in [0.4, 0.5) is 0 Å². The second-order valence-electron chi connectivity index (χ2n) is 5.14. The van der Waals surface area contributed by atoms with Crippen LogP contribution in [0.25, 0.3) is 0 Å². The fraction of sp³-hybridized carbons (Fsp3) is 0.846. The lowest BCUT2D eigenvalue weighted by molar-refractivity contribution is -0.140. The summed E-state index contributed by atoms with van der Waals surface area (Å²) in [7, 11) is 0. The molecule has 1 atom stereocenters. The van der Waals surface area contributed by atoms with E-state index in [2.05, 4.69) is 5.32 Å². The Bertz CT molecular complexity index is 319. The van der Waals surface area contributed by atoms with Crippen LogP contribution in [0.15, 0.2) is 0 Å². The van der Waals surface area contributed by atoms with Crippen molar-refractivity contribution in [3.05, 3.63) is 0 Å². The average molecular weight is 288 g/mol. The third-order valence-electron chi connectivity index (χ3n) is 3.58. The maximum atomic E-state index is 11.8. The van der Waals surface area contributed by atoms with Gasteiger partial charge in [-0.2, -0.15) is 11.8 Å². The van der Waals surface area contributed by atoms with E-state index in [-0.39, 0.29) is 24.4 Å². The van der Waals surface area contributed by atoms with Crippen molar-refractivity contribution in [1.29, 1.82) is 0 Å². The van der Waals surface area contributed by atoms with Crippen LogP contribution in [0.3, 0.4) is 0 Å². The molecule has 1 saturated carbocycles. The van der Waals surface area contributed by atoms with Gasteiger partial charge in [0.1, 0.15) is 0 Å². The highest BCUT2D eigenvalue weighted by molar-refractivity contribution is 7.98. The van der Waals surface area contributed by atoms with Crippen molar-refractivity contribution >= 4 is 23.6 Å². The van der Waals surface area contributed by atoms with Gasteiger partial charge in [0.25, 0.3) is 0 Å². The second kappa shape index (κ2) is 7.75. The number of rotatable bonds is 8. The molecule has 1 fully saturated rings. The van der Waals surface area contributed by atoms with Crippen LogP contribution in [0.1, 0.15) is 26.7 Å². The van der Waals surface area contributed by atoms with Crippen molar-refractivity contribution in [2.24, 2.45) is 5.92 Å². The van der Waals surface area contributed by atoms with Gasteiger partial charge >= 0.3 is 5.97 Å². The number of aliphatic carboxylic acids is 1. The van der Waals surface area contributed by atoms with Crippen LogP contribution in [0, 0.1) is 5.92 Å².